The number of aliphatic hydroxyl groups is 1. The van der Waals surface area contributed by atoms with E-state index in [0.29, 0.717) is 68.0 Å². The van der Waals surface area contributed by atoms with Gasteiger partial charge < -0.3 is 39.4 Å². The number of anilines is 4. The molecule has 73 heavy (non-hydrogen) atoms. The van der Waals surface area contributed by atoms with Crippen molar-refractivity contribution in [3.63, 3.8) is 0 Å². The quantitative estimate of drug-likeness (QED) is 0.0768. The standard InChI is InChI=1S/C55H66N8O9S/c1-52(2)33-55(42-7-5-4-6-41(42)52)34-71-25-23-61(55)38-29-54(30-38)18-21-60(22-19-54)37-8-10-40(45(27-37)62-44-15-24-70-32-48(44)72-51-47(62)26-36-14-20-56-49(36)58-51)50(64)59-73(68,69)39-9-11-43(46(28-39)63(66)67)57-31-35-12-16-53(3,65)17-13-35/h4-11,14,20,26-28,35,38,44,48,57,65H,12-13,15-19,21-25,29-34H2,1-3H3,(H,56,58)(H,59,64)/t35?,44-,48-,53?,55-/m0/s1. The van der Waals surface area contributed by atoms with Crippen LogP contribution in [0.5, 0.6) is 5.88 Å². The molecular weight excluding hydrogens is 949 g/mol. The average Bonchev–Trinajstić information content (AvgIpc) is 3.93. The number of ether oxygens (including phenoxy) is 3. The molecule has 5 fully saturated rings. The summed E-state index contributed by atoms with van der Waals surface area (Å²) in [5.41, 5.74) is 4.93. The molecule has 2 aromatic heterocycles. The molecule has 386 valence electrons. The fourth-order valence-electron chi connectivity index (χ4n) is 13.9. The number of H-pyrrole nitrogens is 1. The maximum Gasteiger partial charge on any atom is 0.293 e. The minimum absolute atomic E-state index is 0.0689. The highest BCUT2D eigenvalue weighted by Gasteiger charge is 2.58. The lowest BCUT2D eigenvalue weighted by Gasteiger charge is -2.60. The molecular formula is C55H66N8O9S. The van der Waals surface area contributed by atoms with Gasteiger partial charge in [0, 0.05) is 62.2 Å². The molecule has 3 aliphatic carbocycles. The van der Waals surface area contributed by atoms with Crippen LogP contribution in [-0.4, -0.2) is 116 Å². The Morgan fingerprint density at radius 1 is 0.918 bits per heavy atom. The number of nitro benzene ring substituents is 1. The Hall–Kier alpha value is -5.79. The highest BCUT2D eigenvalue weighted by molar-refractivity contribution is 7.90. The van der Waals surface area contributed by atoms with Crippen LogP contribution in [0, 0.1) is 21.4 Å². The number of hydrogen-bond acceptors (Lipinski definition) is 14. The van der Waals surface area contributed by atoms with E-state index in [-0.39, 0.29) is 39.6 Å². The van der Waals surface area contributed by atoms with E-state index in [9.17, 15) is 28.4 Å². The van der Waals surface area contributed by atoms with Gasteiger partial charge in [-0.25, -0.2) is 13.1 Å². The predicted octanol–water partition coefficient (Wildman–Crippen LogP) is 8.29. The van der Waals surface area contributed by atoms with Crippen molar-refractivity contribution >= 4 is 55.4 Å². The minimum Gasteiger partial charge on any atom is -0.468 e. The Morgan fingerprint density at radius 2 is 1.70 bits per heavy atom. The number of hydrogen-bond donors (Lipinski definition) is 4. The van der Waals surface area contributed by atoms with E-state index in [4.69, 9.17) is 19.2 Å². The van der Waals surface area contributed by atoms with Gasteiger partial charge in [0.15, 0.2) is 0 Å². The largest absolute Gasteiger partial charge is 0.468 e. The SMILES string of the molecule is CC1(O)CCC(CNc2ccc(S(=O)(=O)NC(=O)c3ccc(N4CCC5(CC4)CC(N4CCOC[C@]46CC(C)(C)c4ccccc46)C5)cc3N3c4cc5cc[nH]c5nc4O[C@H]4COCC[C@@H]43)cc2[N+](=O)[O-])CC1. The number of aromatic nitrogens is 2. The Balaban J connectivity index is 0.822. The molecule has 3 saturated heterocycles. The number of fused-ring (bicyclic) bond motifs is 5. The number of nitro groups is 1. The fourth-order valence-corrected chi connectivity index (χ4v) is 14.8. The molecule has 3 atom stereocenters. The first-order valence-corrected chi connectivity index (χ1v) is 27.7. The number of nitrogens with one attached hydrogen (secondary N) is 3. The molecule has 0 bridgehead atoms. The summed E-state index contributed by atoms with van der Waals surface area (Å²) in [6.45, 7) is 11.8. The normalized spacial score (nSPS) is 27.7. The third-order valence-electron chi connectivity index (χ3n) is 17.8. The molecule has 0 unspecified atom stereocenters. The Labute approximate surface area is 426 Å². The highest BCUT2D eigenvalue weighted by Crippen LogP contribution is 2.59. The molecule has 12 rings (SSSR count). The molecule has 0 radical (unpaired) electrons. The Bertz CT molecular complexity index is 3080. The first-order chi connectivity index (χ1) is 35.0. The first-order valence-electron chi connectivity index (χ1n) is 26.2. The summed E-state index contributed by atoms with van der Waals surface area (Å²) in [7, 11) is -4.62. The molecule has 3 aromatic carbocycles. The number of sulfonamides is 1. The molecule has 17 nitrogen and oxygen atoms in total. The van der Waals surface area contributed by atoms with E-state index < -0.39 is 43.1 Å². The summed E-state index contributed by atoms with van der Waals surface area (Å²) in [6.07, 6.45) is 10.1. The van der Waals surface area contributed by atoms with E-state index in [2.05, 4.69) is 67.8 Å². The van der Waals surface area contributed by atoms with Crippen LogP contribution < -0.4 is 24.6 Å². The lowest BCUT2D eigenvalue weighted by molar-refractivity contribution is -0.384. The van der Waals surface area contributed by atoms with Gasteiger partial charge in [-0.15, -0.1) is 0 Å². The number of nitrogens with zero attached hydrogens (tertiary/aromatic N) is 5. The van der Waals surface area contributed by atoms with Crippen LogP contribution in [0.2, 0.25) is 0 Å². The van der Waals surface area contributed by atoms with Gasteiger partial charge in [-0.05, 0) is 141 Å². The van der Waals surface area contributed by atoms with Gasteiger partial charge >= 0.3 is 0 Å². The van der Waals surface area contributed by atoms with Crippen molar-refractivity contribution in [1.82, 2.24) is 19.6 Å². The van der Waals surface area contributed by atoms with Gasteiger partial charge in [-0.2, -0.15) is 4.98 Å². The molecule has 7 aliphatic rings. The number of carbonyl (C=O) groups is 1. The van der Waals surface area contributed by atoms with Gasteiger partial charge in [-0.1, -0.05) is 38.1 Å². The van der Waals surface area contributed by atoms with E-state index in [1.165, 1.54) is 23.3 Å². The van der Waals surface area contributed by atoms with Crippen LogP contribution in [0.1, 0.15) is 106 Å². The number of piperidine rings is 1. The van der Waals surface area contributed by atoms with Crippen LogP contribution in [-0.2, 0) is 30.5 Å². The van der Waals surface area contributed by atoms with Crippen LogP contribution in [0.4, 0.5) is 28.4 Å². The van der Waals surface area contributed by atoms with Gasteiger partial charge in [0.1, 0.15) is 23.1 Å². The number of rotatable bonds is 10. The summed E-state index contributed by atoms with van der Waals surface area (Å²) in [4.78, 5) is 41.4. The van der Waals surface area contributed by atoms with Gasteiger partial charge in [0.25, 0.3) is 21.6 Å². The second-order valence-corrected chi connectivity index (χ2v) is 24.7. The molecule has 2 saturated carbocycles. The van der Waals surface area contributed by atoms with E-state index in [1.54, 1.807) is 6.07 Å². The number of aromatic amines is 1. The zero-order valence-corrected chi connectivity index (χ0v) is 42.7. The monoisotopic (exact) mass is 1010 g/mol. The second kappa shape index (κ2) is 18.0. The Morgan fingerprint density at radius 3 is 2.48 bits per heavy atom. The number of amides is 1. The van der Waals surface area contributed by atoms with Crippen molar-refractivity contribution in [2.45, 2.75) is 125 Å². The Kier molecular flexibility index (Phi) is 11.8. The molecule has 4 N–H and O–H groups in total. The van der Waals surface area contributed by atoms with Crippen LogP contribution in [0.15, 0.2) is 83.9 Å². The molecule has 4 aliphatic heterocycles. The first kappa shape index (κ1) is 48.2. The third kappa shape index (κ3) is 8.60. The van der Waals surface area contributed by atoms with Crippen molar-refractivity contribution in [1.29, 1.82) is 0 Å². The fraction of sp³-hybridized carbons (Fsp3) is 0.527. The number of carbonyl (C=O) groups excluding carboxylic acids is 1. The molecule has 1 amide bonds. The van der Waals surface area contributed by atoms with E-state index in [0.717, 1.165) is 94.9 Å². The minimum atomic E-state index is -4.62. The van der Waals surface area contributed by atoms with Crippen LogP contribution >= 0.6 is 0 Å². The van der Waals surface area contributed by atoms with Gasteiger partial charge in [0.2, 0.25) is 5.88 Å². The van der Waals surface area contributed by atoms with Crippen molar-refractivity contribution in [3.8, 4) is 5.88 Å². The zero-order valence-electron chi connectivity index (χ0n) is 41.9. The summed E-state index contributed by atoms with van der Waals surface area (Å²) in [5.74, 6) is -0.310. The van der Waals surface area contributed by atoms with Crippen LogP contribution in [0.25, 0.3) is 11.0 Å². The van der Waals surface area contributed by atoms with Gasteiger partial charge in [-0.3, -0.25) is 19.8 Å². The van der Waals surface area contributed by atoms with Crippen molar-refractivity contribution in [2.24, 2.45) is 11.3 Å². The highest BCUT2D eigenvalue weighted by atomic mass is 32.2. The maximum absolute atomic E-state index is 14.7. The smallest absolute Gasteiger partial charge is 0.293 e. The van der Waals surface area contributed by atoms with E-state index in [1.807, 2.05) is 37.4 Å². The lowest BCUT2D eigenvalue weighted by Crippen LogP contribution is -2.64. The third-order valence-corrected chi connectivity index (χ3v) is 19.1. The molecule has 5 aromatic rings. The van der Waals surface area contributed by atoms with Crippen molar-refractivity contribution < 1.29 is 37.5 Å². The predicted molar refractivity (Wildman–Crippen MR) is 277 cm³/mol. The summed E-state index contributed by atoms with van der Waals surface area (Å²) < 4.78 is 49.4. The molecule has 2 spiro atoms. The summed E-state index contributed by atoms with van der Waals surface area (Å²) >= 11 is 0. The topological polar surface area (TPSA) is 205 Å². The van der Waals surface area contributed by atoms with Crippen molar-refractivity contribution in [3.05, 3.63) is 106 Å². The van der Waals surface area contributed by atoms with Crippen LogP contribution in [0.3, 0.4) is 0 Å². The van der Waals surface area contributed by atoms with Gasteiger partial charge in [0.05, 0.1) is 58.1 Å². The zero-order chi connectivity index (χ0) is 50.5. The maximum atomic E-state index is 14.7. The summed E-state index contributed by atoms with van der Waals surface area (Å²) in [5, 5.41) is 26.8. The van der Waals surface area contributed by atoms with Crippen molar-refractivity contribution in [2.75, 3.05) is 67.7 Å². The number of pyridine rings is 1. The lowest BCUT2D eigenvalue weighted by atomic mass is 9.59. The van der Waals surface area contributed by atoms with E-state index >= 15 is 0 Å². The average molecular weight is 1020 g/mol. The number of benzene rings is 3. The molecule has 6 heterocycles. The number of morpholine rings is 1. The molecule has 18 heteroatoms. The second-order valence-electron chi connectivity index (χ2n) is 23.0. The summed E-state index contributed by atoms with van der Waals surface area (Å²) in [6, 6.07) is 22.3.